The van der Waals surface area contributed by atoms with Gasteiger partial charge in [-0.15, -0.1) is 0 Å². The Morgan fingerprint density at radius 2 is 1.37 bits per heavy atom. The lowest BCUT2D eigenvalue weighted by Crippen LogP contribution is -2.49. The Bertz CT molecular complexity index is 1630. The van der Waals surface area contributed by atoms with E-state index in [1.807, 2.05) is 13.0 Å². The van der Waals surface area contributed by atoms with Gasteiger partial charge in [-0.2, -0.15) is 0 Å². The predicted molar refractivity (Wildman–Crippen MR) is 139 cm³/mol. The number of pyridine rings is 1. The Morgan fingerprint density at radius 1 is 0.763 bits per heavy atom. The number of para-hydroxylation sites is 1. The van der Waals surface area contributed by atoms with Gasteiger partial charge in [0, 0.05) is 17.3 Å². The Hall–Kier alpha value is -4.98. The number of hydrogen-bond acceptors (Lipinski definition) is 5. The maximum atomic E-state index is 15.1. The summed E-state index contributed by atoms with van der Waals surface area (Å²) in [6.07, 6.45) is 0.0906. The van der Waals surface area contributed by atoms with E-state index in [1.54, 1.807) is 79.0 Å². The molecule has 8 heteroatoms. The molecule has 1 unspecified atom stereocenters. The van der Waals surface area contributed by atoms with Gasteiger partial charge in [-0.1, -0.05) is 48.5 Å². The molecule has 6 rings (SSSR count). The number of carbonyl (C=O) groups is 3. The molecule has 0 saturated heterocycles. The van der Waals surface area contributed by atoms with Gasteiger partial charge in [0.15, 0.2) is 0 Å². The minimum absolute atomic E-state index is 0.0717. The summed E-state index contributed by atoms with van der Waals surface area (Å²) in [4.78, 5) is 52.6. The molecule has 0 aliphatic carbocycles. The minimum atomic E-state index is -1.55. The monoisotopic (exact) mass is 504 g/mol. The number of benzodiazepines with no additional fused rings is 1. The third-order valence-corrected chi connectivity index (χ3v) is 6.81. The van der Waals surface area contributed by atoms with E-state index in [-0.39, 0.29) is 28.9 Å². The van der Waals surface area contributed by atoms with E-state index >= 15 is 4.39 Å². The van der Waals surface area contributed by atoms with Crippen LogP contribution in [-0.4, -0.2) is 39.5 Å². The lowest BCUT2D eigenvalue weighted by molar-refractivity contribution is -0.122. The molecular formula is C30H21FN4O3. The molecule has 3 aromatic carbocycles. The molecule has 1 aromatic heterocycles. The molecule has 3 heterocycles. The Morgan fingerprint density at radius 3 is 2.03 bits per heavy atom. The maximum Gasteiger partial charge on any atom is 0.273 e. The average molecular weight is 505 g/mol. The number of imide groups is 1. The van der Waals surface area contributed by atoms with E-state index in [2.05, 4.69) is 9.98 Å². The average Bonchev–Trinajstić information content (AvgIpc) is 3.12. The summed E-state index contributed by atoms with van der Waals surface area (Å²) >= 11 is 0. The van der Waals surface area contributed by atoms with Gasteiger partial charge < -0.3 is 4.90 Å². The molecule has 2 aliphatic heterocycles. The Balaban J connectivity index is 1.57. The van der Waals surface area contributed by atoms with Crippen LogP contribution in [0.25, 0.3) is 0 Å². The van der Waals surface area contributed by atoms with E-state index in [0.29, 0.717) is 16.9 Å². The molecule has 0 radical (unpaired) electrons. The SMILES string of the molecule is Cc1cccnc1CN1C(=O)C(N2C(=O)c3ccccc3C2=O)N=C(c2ccccc2F)c2ccccc21. The van der Waals surface area contributed by atoms with Crippen LogP contribution < -0.4 is 4.90 Å². The molecule has 1 atom stereocenters. The number of aliphatic imine (C=N–C) groups is 1. The number of fused-ring (bicyclic) bond motifs is 2. The molecule has 0 N–H and O–H groups in total. The van der Waals surface area contributed by atoms with E-state index in [9.17, 15) is 14.4 Å². The number of benzene rings is 3. The normalized spacial score (nSPS) is 16.7. The van der Waals surface area contributed by atoms with Crippen molar-refractivity contribution in [3.63, 3.8) is 0 Å². The number of carbonyl (C=O) groups excluding carboxylic acids is 3. The van der Waals surface area contributed by atoms with Gasteiger partial charge in [-0.05, 0) is 48.9 Å². The summed E-state index contributed by atoms with van der Waals surface area (Å²) in [6, 6.07) is 23.2. The number of anilines is 1. The number of amides is 3. The second kappa shape index (κ2) is 9.15. The predicted octanol–water partition coefficient (Wildman–Crippen LogP) is 4.54. The fraction of sp³-hybridized carbons (Fsp3) is 0.100. The highest BCUT2D eigenvalue weighted by molar-refractivity contribution is 6.25. The van der Waals surface area contributed by atoms with Crippen LogP contribution in [0.15, 0.2) is 96.1 Å². The molecule has 4 aromatic rings. The summed E-state index contributed by atoms with van der Waals surface area (Å²) in [5.41, 5.74) is 3.21. The van der Waals surface area contributed by atoms with E-state index in [0.717, 1.165) is 10.5 Å². The van der Waals surface area contributed by atoms with Crippen LogP contribution in [0.5, 0.6) is 0 Å². The van der Waals surface area contributed by atoms with Crippen LogP contribution in [0.4, 0.5) is 10.1 Å². The van der Waals surface area contributed by atoms with Gasteiger partial charge >= 0.3 is 0 Å². The highest BCUT2D eigenvalue weighted by Crippen LogP contribution is 2.34. The van der Waals surface area contributed by atoms with Gasteiger partial charge in [0.1, 0.15) is 5.82 Å². The number of hydrogen-bond donors (Lipinski definition) is 0. The van der Waals surface area contributed by atoms with E-state index < -0.39 is 29.7 Å². The van der Waals surface area contributed by atoms with Crippen LogP contribution in [0, 0.1) is 12.7 Å². The van der Waals surface area contributed by atoms with Crippen molar-refractivity contribution in [2.24, 2.45) is 4.99 Å². The van der Waals surface area contributed by atoms with Gasteiger partial charge in [-0.25, -0.2) is 14.3 Å². The van der Waals surface area contributed by atoms with Gasteiger partial charge in [0.2, 0.25) is 6.17 Å². The van der Waals surface area contributed by atoms with Crippen molar-refractivity contribution in [3.05, 3.63) is 130 Å². The van der Waals surface area contributed by atoms with Crippen LogP contribution >= 0.6 is 0 Å². The highest BCUT2D eigenvalue weighted by Gasteiger charge is 2.46. The number of nitrogens with zero attached hydrogens (tertiary/aromatic N) is 4. The third-order valence-electron chi connectivity index (χ3n) is 6.81. The summed E-state index contributed by atoms with van der Waals surface area (Å²) < 4.78 is 15.1. The first-order valence-electron chi connectivity index (χ1n) is 12.1. The van der Waals surface area contributed by atoms with Crippen molar-refractivity contribution < 1.29 is 18.8 Å². The van der Waals surface area contributed by atoms with Crippen LogP contribution in [0.3, 0.4) is 0 Å². The Labute approximate surface area is 217 Å². The zero-order valence-electron chi connectivity index (χ0n) is 20.3. The standard InChI is InChI=1S/C30H21FN4O3/c1-18-9-8-16-32-24(18)17-34-25-15-7-5-13-22(25)26(21-12-4-6-14-23(21)31)33-27(30(34)38)35-28(36)19-10-2-3-11-20(19)29(35)37/h2-16,27H,17H2,1H3. The topological polar surface area (TPSA) is 82.9 Å². The summed E-state index contributed by atoms with van der Waals surface area (Å²) in [6.45, 7) is 1.96. The quantitative estimate of drug-likeness (QED) is 0.382. The zero-order chi connectivity index (χ0) is 26.4. The number of halogens is 1. The molecule has 0 saturated carbocycles. The van der Waals surface area contributed by atoms with E-state index in [1.165, 1.54) is 11.0 Å². The van der Waals surface area contributed by atoms with Gasteiger partial charge in [0.25, 0.3) is 17.7 Å². The van der Waals surface area contributed by atoms with Gasteiger partial charge in [0.05, 0.1) is 34.8 Å². The zero-order valence-corrected chi connectivity index (χ0v) is 20.3. The van der Waals surface area contributed by atoms with Crippen molar-refractivity contribution in [1.29, 1.82) is 0 Å². The molecule has 0 bridgehead atoms. The van der Waals surface area contributed by atoms with Crippen LogP contribution in [0.1, 0.15) is 43.1 Å². The molecule has 186 valence electrons. The first kappa shape index (κ1) is 23.4. The summed E-state index contributed by atoms with van der Waals surface area (Å²) in [5.74, 6) is -2.38. The number of rotatable bonds is 4. The molecule has 38 heavy (non-hydrogen) atoms. The number of aromatic nitrogens is 1. The first-order chi connectivity index (χ1) is 18.5. The third kappa shape index (κ3) is 3.69. The smallest absolute Gasteiger partial charge is 0.273 e. The van der Waals surface area contributed by atoms with E-state index in [4.69, 9.17) is 0 Å². The number of aryl methyl sites for hydroxylation is 1. The lowest BCUT2D eigenvalue weighted by atomic mass is 9.99. The second-order valence-electron chi connectivity index (χ2n) is 9.07. The molecule has 0 spiro atoms. The summed E-state index contributed by atoms with van der Waals surface area (Å²) in [7, 11) is 0. The van der Waals surface area contributed by atoms with Crippen molar-refractivity contribution in [2.45, 2.75) is 19.6 Å². The van der Waals surface area contributed by atoms with Crippen molar-refractivity contribution in [3.8, 4) is 0 Å². The first-order valence-corrected chi connectivity index (χ1v) is 12.1. The maximum absolute atomic E-state index is 15.1. The van der Waals surface area contributed by atoms with Gasteiger partial charge in [-0.3, -0.25) is 19.4 Å². The largest absolute Gasteiger partial charge is 0.302 e. The molecule has 7 nitrogen and oxygen atoms in total. The molecular weight excluding hydrogens is 483 g/mol. The molecule has 0 fully saturated rings. The fourth-order valence-corrected chi connectivity index (χ4v) is 4.88. The lowest BCUT2D eigenvalue weighted by Gasteiger charge is -2.28. The summed E-state index contributed by atoms with van der Waals surface area (Å²) in [5, 5.41) is 0. The fourth-order valence-electron chi connectivity index (χ4n) is 4.88. The molecule has 2 aliphatic rings. The van der Waals surface area contributed by atoms with Crippen molar-refractivity contribution in [1.82, 2.24) is 9.88 Å². The minimum Gasteiger partial charge on any atom is -0.302 e. The van der Waals surface area contributed by atoms with Crippen LogP contribution in [0.2, 0.25) is 0 Å². The highest BCUT2D eigenvalue weighted by atomic mass is 19.1. The van der Waals surface area contributed by atoms with Crippen molar-refractivity contribution in [2.75, 3.05) is 4.90 Å². The second-order valence-corrected chi connectivity index (χ2v) is 9.07. The molecule has 3 amide bonds. The van der Waals surface area contributed by atoms with Crippen molar-refractivity contribution >= 4 is 29.1 Å². The van der Waals surface area contributed by atoms with Crippen LogP contribution in [-0.2, 0) is 11.3 Å². The Kier molecular flexibility index (Phi) is 5.64.